The first-order chi connectivity index (χ1) is 7.65. The Labute approximate surface area is 105 Å². The minimum Gasteiger partial charge on any atom is -0.456 e. The van der Waals surface area contributed by atoms with Crippen LogP contribution in [-0.2, 0) is 0 Å². The monoisotopic (exact) mass is 301 g/mol. The maximum atomic E-state index is 12.8. The maximum absolute atomic E-state index is 12.8. The number of hydrogen-bond acceptors (Lipinski definition) is 2. The first-order valence-corrected chi connectivity index (χ1v) is 5.57. The molecule has 1 heterocycles. The standard InChI is InChI=1S/C11H6BrClFNO/c12-7-1-2-9(13)10(5-7)16-8-3-4-15-11(14)6-8/h1-6H. The zero-order chi connectivity index (χ0) is 11.5. The van der Waals surface area contributed by atoms with Crippen LogP contribution in [0.15, 0.2) is 41.0 Å². The lowest BCUT2D eigenvalue weighted by Gasteiger charge is -2.07. The number of aromatic nitrogens is 1. The van der Waals surface area contributed by atoms with Crippen LogP contribution in [0.25, 0.3) is 0 Å². The third kappa shape index (κ3) is 2.71. The topological polar surface area (TPSA) is 22.1 Å². The van der Waals surface area contributed by atoms with Gasteiger partial charge in [-0.3, -0.25) is 0 Å². The van der Waals surface area contributed by atoms with Crippen LogP contribution in [0.2, 0.25) is 5.02 Å². The normalized spacial score (nSPS) is 10.2. The number of benzene rings is 1. The molecule has 0 saturated carbocycles. The molecule has 1 aromatic carbocycles. The van der Waals surface area contributed by atoms with E-state index in [2.05, 4.69) is 20.9 Å². The molecule has 0 atom stereocenters. The van der Waals surface area contributed by atoms with Gasteiger partial charge in [-0.2, -0.15) is 4.39 Å². The summed E-state index contributed by atoms with van der Waals surface area (Å²) in [6.07, 6.45) is 1.33. The molecule has 2 nitrogen and oxygen atoms in total. The lowest BCUT2D eigenvalue weighted by atomic mass is 10.3. The predicted molar refractivity (Wildman–Crippen MR) is 63.4 cm³/mol. The van der Waals surface area contributed by atoms with Crippen LogP contribution in [0, 0.1) is 5.95 Å². The number of hydrogen-bond donors (Lipinski definition) is 0. The molecule has 5 heteroatoms. The smallest absolute Gasteiger partial charge is 0.216 e. The van der Waals surface area contributed by atoms with Crippen LogP contribution >= 0.6 is 27.5 Å². The zero-order valence-electron chi connectivity index (χ0n) is 7.95. The van der Waals surface area contributed by atoms with Gasteiger partial charge in [0.05, 0.1) is 5.02 Å². The maximum Gasteiger partial charge on any atom is 0.216 e. The lowest BCUT2D eigenvalue weighted by molar-refractivity contribution is 0.472. The Kier molecular flexibility index (Phi) is 3.41. The fraction of sp³-hybridized carbons (Fsp3) is 0. The summed E-state index contributed by atoms with van der Waals surface area (Å²) in [7, 11) is 0. The highest BCUT2D eigenvalue weighted by Crippen LogP contribution is 2.31. The van der Waals surface area contributed by atoms with Crippen molar-refractivity contribution in [1.29, 1.82) is 0 Å². The second-order valence-corrected chi connectivity index (χ2v) is 4.31. The summed E-state index contributed by atoms with van der Waals surface area (Å²) >= 11 is 9.23. The summed E-state index contributed by atoms with van der Waals surface area (Å²) in [6.45, 7) is 0. The Bertz CT molecular complexity index is 521. The van der Waals surface area contributed by atoms with E-state index in [4.69, 9.17) is 16.3 Å². The molecule has 0 spiro atoms. The molecule has 0 radical (unpaired) electrons. The quantitative estimate of drug-likeness (QED) is 0.766. The van der Waals surface area contributed by atoms with Crippen LogP contribution in [0.1, 0.15) is 0 Å². The SMILES string of the molecule is Fc1cc(Oc2cc(Br)ccc2Cl)ccn1. The fourth-order valence-corrected chi connectivity index (χ4v) is 1.63. The molecule has 0 aliphatic rings. The van der Waals surface area contributed by atoms with Crippen molar-refractivity contribution in [2.24, 2.45) is 0 Å². The van der Waals surface area contributed by atoms with Gasteiger partial charge in [0.25, 0.3) is 0 Å². The minimum atomic E-state index is -0.594. The summed E-state index contributed by atoms with van der Waals surface area (Å²) in [5, 5.41) is 0.459. The van der Waals surface area contributed by atoms with Crippen LogP contribution in [0.4, 0.5) is 4.39 Å². The van der Waals surface area contributed by atoms with Crippen LogP contribution in [0.5, 0.6) is 11.5 Å². The van der Waals surface area contributed by atoms with Crippen molar-refractivity contribution in [2.45, 2.75) is 0 Å². The van der Waals surface area contributed by atoms with Gasteiger partial charge in [0.2, 0.25) is 5.95 Å². The summed E-state index contributed by atoms with van der Waals surface area (Å²) < 4.78 is 19.1. The number of rotatable bonds is 2. The van der Waals surface area contributed by atoms with E-state index in [1.54, 1.807) is 24.3 Å². The highest BCUT2D eigenvalue weighted by Gasteiger charge is 2.04. The van der Waals surface area contributed by atoms with Gasteiger partial charge in [0.15, 0.2) is 0 Å². The number of pyridine rings is 1. The van der Waals surface area contributed by atoms with Crippen LogP contribution in [-0.4, -0.2) is 4.98 Å². The van der Waals surface area contributed by atoms with Gasteiger partial charge in [0.1, 0.15) is 11.5 Å². The van der Waals surface area contributed by atoms with E-state index in [1.165, 1.54) is 12.3 Å². The Balaban J connectivity index is 2.30. The van der Waals surface area contributed by atoms with Gasteiger partial charge in [-0.15, -0.1) is 0 Å². The van der Waals surface area contributed by atoms with Gasteiger partial charge in [-0.25, -0.2) is 4.98 Å². The summed E-state index contributed by atoms with van der Waals surface area (Å²) in [5.74, 6) is 0.220. The van der Waals surface area contributed by atoms with Crippen molar-refractivity contribution >= 4 is 27.5 Å². The molecule has 0 saturated heterocycles. The Morgan fingerprint density at radius 3 is 2.81 bits per heavy atom. The third-order valence-corrected chi connectivity index (χ3v) is 2.62. The van der Waals surface area contributed by atoms with Crippen molar-refractivity contribution in [3.05, 3.63) is 52.0 Å². The molecule has 2 aromatic rings. The van der Waals surface area contributed by atoms with E-state index in [0.29, 0.717) is 16.5 Å². The van der Waals surface area contributed by atoms with E-state index >= 15 is 0 Å². The molecule has 1 aromatic heterocycles. The second kappa shape index (κ2) is 4.80. The van der Waals surface area contributed by atoms with Gasteiger partial charge in [-0.05, 0) is 24.3 Å². The van der Waals surface area contributed by atoms with Crippen molar-refractivity contribution in [1.82, 2.24) is 4.98 Å². The molecule has 82 valence electrons. The van der Waals surface area contributed by atoms with Gasteiger partial charge in [-0.1, -0.05) is 27.5 Å². The largest absolute Gasteiger partial charge is 0.456 e. The molecule has 0 aliphatic heterocycles. The molecule has 16 heavy (non-hydrogen) atoms. The number of nitrogens with zero attached hydrogens (tertiary/aromatic N) is 1. The Morgan fingerprint density at radius 1 is 1.25 bits per heavy atom. The second-order valence-electron chi connectivity index (χ2n) is 2.99. The molecular formula is C11H6BrClFNO. The molecule has 0 amide bonds. The number of ether oxygens (including phenoxy) is 1. The predicted octanol–water partition coefficient (Wildman–Crippen LogP) is 4.43. The molecule has 0 bridgehead atoms. The van der Waals surface area contributed by atoms with E-state index in [9.17, 15) is 4.39 Å². The highest BCUT2D eigenvalue weighted by molar-refractivity contribution is 9.10. The molecule has 0 unspecified atom stereocenters. The zero-order valence-corrected chi connectivity index (χ0v) is 10.3. The van der Waals surface area contributed by atoms with Gasteiger partial charge in [0, 0.05) is 16.7 Å². The lowest BCUT2D eigenvalue weighted by Crippen LogP contribution is -1.88. The van der Waals surface area contributed by atoms with Crippen molar-refractivity contribution in [2.75, 3.05) is 0 Å². The minimum absolute atomic E-state index is 0.354. The average Bonchev–Trinajstić information content (AvgIpc) is 2.24. The molecule has 0 fully saturated rings. The van der Waals surface area contributed by atoms with Crippen molar-refractivity contribution < 1.29 is 9.13 Å². The fourth-order valence-electron chi connectivity index (χ4n) is 1.13. The van der Waals surface area contributed by atoms with E-state index < -0.39 is 5.95 Å². The van der Waals surface area contributed by atoms with Crippen LogP contribution < -0.4 is 4.74 Å². The average molecular weight is 303 g/mol. The molecular weight excluding hydrogens is 296 g/mol. The van der Waals surface area contributed by atoms with E-state index in [-0.39, 0.29) is 0 Å². The summed E-state index contributed by atoms with van der Waals surface area (Å²) in [6, 6.07) is 7.94. The van der Waals surface area contributed by atoms with Gasteiger partial charge < -0.3 is 4.74 Å². The van der Waals surface area contributed by atoms with Crippen molar-refractivity contribution in [3.63, 3.8) is 0 Å². The molecule has 2 rings (SSSR count). The van der Waals surface area contributed by atoms with Gasteiger partial charge >= 0.3 is 0 Å². The third-order valence-electron chi connectivity index (χ3n) is 1.82. The van der Waals surface area contributed by atoms with Crippen molar-refractivity contribution in [3.8, 4) is 11.5 Å². The Hall–Kier alpha value is -1.13. The molecule has 0 N–H and O–H groups in total. The first kappa shape index (κ1) is 11.4. The Morgan fingerprint density at radius 2 is 2.06 bits per heavy atom. The first-order valence-electron chi connectivity index (χ1n) is 4.39. The summed E-state index contributed by atoms with van der Waals surface area (Å²) in [5.41, 5.74) is 0. The molecule has 0 aliphatic carbocycles. The summed E-state index contributed by atoms with van der Waals surface area (Å²) in [4.78, 5) is 3.43. The van der Waals surface area contributed by atoms with E-state index in [0.717, 1.165) is 4.47 Å². The number of halogens is 3. The van der Waals surface area contributed by atoms with Crippen LogP contribution in [0.3, 0.4) is 0 Å². The van der Waals surface area contributed by atoms with E-state index in [1.807, 2.05) is 0 Å². The highest BCUT2D eigenvalue weighted by atomic mass is 79.9.